The highest BCUT2D eigenvalue weighted by Gasteiger charge is 2.30. The quantitative estimate of drug-likeness (QED) is 0.438. The van der Waals surface area contributed by atoms with Gasteiger partial charge in [-0.15, -0.1) is 5.10 Å². The van der Waals surface area contributed by atoms with Gasteiger partial charge >= 0.3 is 0 Å². The molecule has 3 aromatic rings. The number of nitrogens with zero attached hydrogens (tertiary/aromatic N) is 4. The van der Waals surface area contributed by atoms with E-state index in [4.69, 9.17) is 0 Å². The van der Waals surface area contributed by atoms with Crippen molar-refractivity contribution in [1.29, 1.82) is 0 Å². The van der Waals surface area contributed by atoms with Crippen LogP contribution in [0.25, 0.3) is 0 Å². The zero-order valence-electron chi connectivity index (χ0n) is 20.0. The number of aromatic nitrogens is 4. The fraction of sp³-hybridized carbons (Fsp3) is 0.440. The van der Waals surface area contributed by atoms with Gasteiger partial charge in [0.05, 0.1) is 12.1 Å². The van der Waals surface area contributed by atoms with Crippen LogP contribution >= 0.6 is 0 Å². The average molecular weight is 498 g/mol. The van der Waals surface area contributed by atoms with Crippen LogP contribution in [-0.4, -0.2) is 40.7 Å². The summed E-state index contributed by atoms with van der Waals surface area (Å²) in [6.45, 7) is 3.62. The second-order valence-corrected chi connectivity index (χ2v) is 11.1. The molecule has 35 heavy (non-hydrogen) atoms. The van der Waals surface area contributed by atoms with Crippen LogP contribution in [0.1, 0.15) is 52.0 Å². The number of aliphatic hydroxyl groups is 1. The molecule has 2 N–H and O–H groups in total. The first-order chi connectivity index (χ1) is 16.7. The summed E-state index contributed by atoms with van der Waals surface area (Å²) < 4.78 is 15.8. The smallest absolute Gasteiger partial charge is 0.267 e. The van der Waals surface area contributed by atoms with Gasteiger partial charge in [0.25, 0.3) is 16.5 Å². The summed E-state index contributed by atoms with van der Waals surface area (Å²) in [6.07, 6.45) is 6.32. The molecule has 2 aromatic heterocycles. The minimum Gasteiger partial charge on any atom is -0.605 e. The molecule has 1 aliphatic carbocycles. The summed E-state index contributed by atoms with van der Waals surface area (Å²) in [4.78, 5) is 26.8. The summed E-state index contributed by atoms with van der Waals surface area (Å²) in [7, 11) is 0. The number of anilines is 1. The monoisotopic (exact) mass is 497 g/mol. The average Bonchev–Trinajstić information content (AvgIpc) is 3.49. The van der Waals surface area contributed by atoms with Gasteiger partial charge in [-0.05, 0) is 38.3 Å². The van der Waals surface area contributed by atoms with E-state index in [2.05, 4.69) is 15.5 Å². The molecule has 10 heteroatoms. The lowest BCUT2D eigenvalue weighted by Crippen LogP contribution is -2.36. The van der Waals surface area contributed by atoms with Crippen molar-refractivity contribution >= 4 is 22.9 Å². The van der Waals surface area contributed by atoms with Crippen LogP contribution in [0.15, 0.2) is 69.4 Å². The Labute approximate surface area is 207 Å². The van der Waals surface area contributed by atoms with E-state index in [1.807, 2.05) is 6.07 Å². The van der Waals surface area contributed by atoms with E-state index < -0.39 is 34.3 Å². The summed E-state index contributed by atoms with van der Waals surface area (Å²) in [5, 5.41) is 21.8. The first-order valence-corrected chi connectivity index (χ1v) is 13.0. The van der Waals surface area contributed by atoms with E-state index in [0.29, 0.717) is 23.1 Å². The van der Waals surface area contributed by atoms with E-state index in [1.165, 1.54) is 12.1 Å². The fourth-order valence-electron chi connectivity index (χ4n) is 4.40. The lowest BCUT2D eigenvalue weighted by atomic mass is 9.98. The molecule has 1 aromatic carbocycles. The zero-order chi connectivity index (χ0) is 25.0. The summed E-state index contributed by atoms with van der Waals surface area (Å²) in [5.74, 6) is 0.228. The highest BCUT2D eigenvalue weighted by Crippen LogP contribution is 2.32. The molecular weight excluding hydrogens is 466 g/mol. The Kier molecular flexibility index (Phi) is 7.73. The van der Waals surface area contributed by atoms with Crippen LogP contribution < -0.4 is 10.9 Å². The van der Waals surface area contributed by atoms with E-state index in [1.54, 1.807) is 55.1 Å². The fourth-order valence-corrected chi connectivity index (χ4v) is 5.40. The molecule has 2 heterocycles. The number of carbonyl (C=O) groups excluding carboxylic acids is 1. The predicted octanol–water partition coefficient (Wildman–Crippen LogP) is 3.14. The van der Waals surface area contributed by atoms with Gasteiger partial charge in [-0.1, -0.05) is 43.9 Å². The minimum atomic E-state index is -1.59. The molecule has 0 radical (unpaired) electrons. The number of hydrogen-bond acceptors (Lipinski definition) is 6. The maximum Gasteiger partial charge on any atom is 0.267 e. The van der Waals surface area contributed by atoms with Crippen LogP contribution in [0.2, 0.25) is 0 Å². The van der Waals surface area contributed by atoms with Crippen LogP contribution in [0, 0.1) is 5.92 Å². The Balaban J connectivity index is 1.61. The molecule has 1 amide bonds. The maximum absolute atomic E-state index is 13.4. The molecular formula is C25H31N5O4S. The van der Waals surface area contributed by atoms with Crippen LogP contribution in [-0.2, 0) is 22.5 Å². The van der Waals surface area contributed by atoms with Crippen molar-refractivity contribution in [3.63, 3.8) is 0 Å². The summed E-state index contributed by atoms with van der Waals surface area (Å²) in [5.41, 5.74) is -1.38. The van der Waals surface area contributed by atoms with E-state index in [-0.39, 0.29) is 11.6 Å². The third-order valence-corrected chi connectivity index (χ3v) is 7.32. The topological polar surface area (TPSA) is 125 Å². The lowest BCUT2D eigenvalue weighted by molar-refractivity contribution is -0.120. The van der Waals surface area contributed by atoms with Crippen molar-refractivity contribution in [2.45, 2.75) is 74.1 Å². The highest BCUT2D eigenvalue weighted by molar-refractivity contribution is 7.91. The lowest BCUT2D eigenvalue weighted by Gasteiger charge is -2.21. The molecule has 2 atom stereocenters. The number of hydrogen-bond donors (Lipinski definition) is 2. The van der Waals surface area contributed by atoms with Crippen molar-refractivity contribution in [2.75, 3.05) is 5.32 Å². The molecule has 0 bridgehead atoms. The van der Waals surface area contributed by atoms with E-state index in [0.717, 1.165) is 30.4 Å². The molecule has 9 nitrogen and oxygen atoms in total. The number of carbonyl (C=O) groups is 1. The second-order valence-electron chi connectivity index (χ2n) is 9.64. The van der Waals surface area contributed by atoms with E-state index >= 15 is 0 Å². The Bertz CT molecular complexity index is 1200. The van der Waals surface area contributed by atoms with Crippen LogP contribution in [0.4, 0.5) is 5.82 Å². The number of amides is 1. The van der Waals surface area contributed by atoms with Crippen molar-refractivity contribution < 1.29 is 14.5 Å². The van der Waals surface area contributed by atoms with Gasteiger partial charge in [0.2, 0.25) is 0 Å². The highest BCUT2D eigenvalue weighted by atomic mass is 32.2. The standard InChI is InChI=1S/C25H31N5O4S/c1-25(2,33)17-29-15-14-21(27-29)26-24(32)20(16-18-8-6-7-9-18)30-23(31)13-12-22(28-30)35(34)19-10-4-3-5-11-19/h3-5,10-15,18,20,33H,6-9,16-17H2,1-2H3,(H,26,27,32). The van der Waals surface area contributed by atoms with Gasteiger partial charge in [-0.2, -0.15) is 5.10 Å². The largest absolute Gasteiger partial charge is 0.605 e. The first kappa shape index (κ1) is 25.2. The molecule has 1 fully saturated rings. The van der Waals surface area contributed by atoms with Crippen molar-refractivity contribution in [3.8, 4) is 0 Å². The van der Waals surface area contributed by atoms with Gasteiger partial charge in [-0.25, -0.2) is 4.68 Å². The molecule has 0 spiro atoms. The SMILES string of the molecule is CC(C)(O)Cn1ccc(NC(=O)C(CC2CCCC2)n2nc([S+]([O-])c3ccccc3)ccc2=O)n1. The summed E-state index contributed by atoms with van der Waals surface area (Å²) in [6, 6.07) is 12.4. The van der Waals surface area contributed by atoms with Gasteiger partial charge in [0, 0.05) is 35.6 Å². The number of benzene rings is 1. The van der Waals surface area contributed by atoms with Gasteiger partial charge in [-0.3, -0.25) is 14.3 Å². The molecule has 4 rings (SSSR count). The molecule has 0 saturated heterocycles. The molecule has 1 saturated carbocycles. The van der Waals surface area contributed by atoms with Crippen molar-refractivity contribution in [2.24, 2.45) is 5.92 Å². The summed E-state index contributed by atoms with van der Waals surface area (Å²) >= 11 is -1.59. The normalized spacial score (nSPS) is 16.2. The second kappa shape index (κ2) is 10.8. The Morgan fingerprint density at radius 2 is 1.89 bits per heavy atom. The number of nitrogens with one attached hydrogen (secondary N) is 1. The zero-order valence-corrected chi connectivity index (χ0v) is 20.8. The Hall–Kier alpha value is -2.95. The third kappa shape index (κ3) is 6.59. The molecule has 2 unspecified atom stereocenters. The van der Waals surface area contributed by atoms with Gasteiger partial charge < -0.3 is 15.0 Å². The first-order valence-electron chi connectivity index (χ1n) is 11.8. The van der Waals surface area contributed by atoms with Crippen LogP contribution in [0.5, 0.6) is 0 Å². The molecule has 1 aliphatic rings. The maximum atomic E-state index is 13.4. The van der Waals surface area contributed by atoms with Crippen LogP contribution in [0.3, 0.4) is 0 Å². The Morgan fingerprint density at radius 3 is 2.57 bits per heavy atom. The van der Waals surface area contributed by atoms with Crippen molar-refractivity contribution in [3.05, 3.63) is 65.1 Å². The van der Waals surface area contributed by atoms with Gasteiger partial charge in [0.15, 0.2) is 10.7 Å². The minimum absolute atomic E-state index is 0.217. The molecule has 0 aliphatic heterocycles. The van der Waals surface area contributed by atoms with Crippen molar-refractivity contribution in [1.82, 2.24) is 19.6 Å². The number of rotatable bonds is 9. The predicted molar refractivity (Wildman–Crippen MR) is 132 cm³/mol. The third-order valence-electron chi connectivity index (χ3n) is 6.02. The van der Waals surface area contributed by atoms with E-state index in [9.17, 15) is 19.2 Å². The Morgan fingerprint density at radius 1 is 1.17 bits per heavy atom. The van der Waals surface area contributed by atoms with Gasteiger partial charge in [0.1, 0.15) is 6.04 Å². The molecule has 186 valence electrons.